The number of hydrogen-bond donors (Lipinski definition) is 0. The van der Waals surface area contributed by atoms with Crippen molar-refractivity contribution in [3.05, 3.63) is 106 Å². The summed E-state index contributed by atoms with van der Waals surface area (Å²) in [6, 6.07) is 21.3. The van der Waals surface area contributed by atoms with E-state index in [0.717, 1.165) is 24.8 Å². The van der Waals surface area contributed by atoms with Crippen LogP contribution in [0.25, 0.3) is 0 Å². The van der Waals surface area contributed by atoms with E-state index in [-0.39, 0.29) is 12.2 Å². The summed E-state index contributed by atoms with van der Waals surface area (Å²) in [4.78, 5) is 37.5. The molecular formula is C30H32O5. The van der Waals surface area contributed by atoms with Gasteiger partial charge in [-0.25, -0.2) is 14.4 Å². The second-order valence-corrected chi connectivity index (χ2v) is 8.80. The van der Waals surface area contributed by atoms with Crippen LogP contribution >= 0.6 is 0 Å². The molecule has 0 fully saturated rings. The second-order valence-electron chi connectivity index (χ2n) is 8.80. The van der Waals surface area contributed by atoms with Gasteiger partial charge >= 0.3 is 17.9 Å². The van der Waals surface area contributed by atoms with Gasteiger partial charge in [-0.1, -0.05) is 69.7 Å². The number of esters is 3. The van der Waals surface area contributed by atoms with Gasteiger partial charge in [0.1, 0.15) is 0 Å². The van der Waals surface area contributed by atoms with Crippen LogP contribution < -0.4 is 0 Å². The molecule has 0 radical (unpaired) electrons. The Kier molecular flexibility index (Phi) is 9.36. The molecule has 0 aliphatic rings. The third kappa shape index (κ3) is 7.38. The Morgan fingerprint density at radius 3 is 2.03 bits per heavy atom. The molecule has 0 N–H and O–H groups in total. The summed E-state index contributed by atoms with van der Waals surface area (Å²) in [5.41, 5.74) is 4.02. The second kappa shape index (κ2) is 12.7. The number of rotatable bonds is 10. The molecule has 0 saturated carbocycles. The molecular weight excluding hydrogens is 440 g/mol. The number of carbonyl (C=O) groups is 3. The zero-order chi connectivity index (χ0) is 25.2. The largest absolute Gasteiger partial charge is 0.462 e. The van der Waals surface area contributed by atoms with Crippen LogP contribution in [0.2, 0.25) is 0 Å². The van der Waals surface area contributed by atoms with E-state index < -0.39 is 17.9 Å². The van der Waals surface area contributed by atoms with Crippen molar-refractivity contribution in [3.63, 3.8) is 0 Å². The molecule has 5 heteroatoms. The molecule has 35 heavy (non-hydrogen) atoms. The van der Waals surface area contributed by atoms with Crippen LogP contribution in [0.5, 0.6) is 0 Å². The first kappa shape index (κ1) is 25.9. The molecule has 0 aromatic heterocycles. The molecule has 0 atom stereocenters. The fraction of sp³-hybridized carbons (Fsp3) is 0.300. The lowest BCUT2D eigenvalue weighted by molar-refractivity contribution is 0.0397. The number of unbranched alkanes of at least 4 members (excludes halogenated alkanes) is 1. The molecule has 0 amide bonds. The van der Waals surface area contributed by atoms with Crippen LogP contribution in [0, 0.1) is 0 Å². The Hall–Kier alpha value is -3.73. The smallest absolute Gasteiger partial charge is 0.346 e. The Labute approximate surface area is 207 Å². The summed E-state index contributed by atoms with van der Waals surface area (Å²) in [6.45, 7) is 6.38. The molecule has 5 nitrogen and oxygen atoms in total. The lowest BCUT2D eigenvalue weighted by Gasteiger charge is -2.10. The average Bonchev–Trinajstić information content (AvgIpc) is 2.88. The average molecular weight is 473 g/mol. The molecule has 0 saturated heterocycles. The highest BCUT2D eigenvalue weighted by Crippen LogP contribution is 2.17. The summed E-state index contributed by atoms with van der Waals surface area (Å²) in [5, 5.41) is 0. The zero-order valence-electron chi connectivity index (χ0n) is 20.6. The Bertz CT molecular complexity index is 1140. The SMILES string of the molecule is CCCCc1ccc(C(=O)OCCc2ccccc2C(=O)OC(=O)c2ccc(C(C)C)cc2)cc1. The summed E-state index contributed by atoms with van der Waals surface area (Å²) < 4.78 is 10.5. The molecule has 0 spiro atoms. The first-order chi connectivity index (χ1) is 16.9. The van der Waals surface area contributed by atoms with Crippen molar-refractivity contribution < 1.29 is 23.9 Å². The van der Waals surface area contributed by atoms with Gasteiger partial charge in [-0.3, -0.25) is 0 Å². The number of hydrogen-bond acceptors (Lipinski definition) is 5. The minimum atomic E-state index is -0.729. The predicted molar refractivity (Wildman–Crippen MR) is 136 cm³/mol. The molecule has 0 aliphatic carbocycles. The van der Waals surface area contributed by atoms with Gasteiger partial charge in [0.25, 0.3) is 0 Å². The Balaban J connectivity index is 1.57. The van der Waals surface area contributed by atoms with E-state index in [4.69, 9.17) is 9.47 Å². The molecule has 3 aromatic carbocycles. The van der Waals surface area contributed by atoms with Crippen molar-refractivity contribution in [2.24, 2.45) is 0 Å². The predicted octanol–water partition coefficient (Wildman–Crippen LogP) is 6.55. The highest BCUT2D eigenvalue weighted by Gasteiger charge is 2.18. The van der Waals surface area contributed by atoms with Gasteiger partial charge in [-0.2, -0.15) is 0 Å². The van der Waals surface area contributed by atoms with Gasteiger partial charge in [-0.05, 0) is 65.8 Å². The van der Waals surface area contributed by atoms with E-state index in [0.29, 0.717) is 29.0 Å². The fourth-order valence-electron chi connectivity index (χ4n) is 3.67. The first-order valence-corrected chi connectivity index (χ1v) is 12.1. The van der Waals surface area contributed by atoms with Crippen molar-refractivity contribution in [2.75, 3.05) is 6.61 Å². The van der Waals surface area contributed by atoms with Crippen LogP contribution in [0.3, 0.4) is 0 Å². The minimum Gasteiger partial charge on any atom is -0.462 e. The van der Waals surface area contributed by atoms with E-state index in [1.54, 1.807) is 48.5 Å². The van der Waals surface area contributed by atoms with Crippen molar-refractivity contribution in [2.45, 2.75) is 52.4 Å². The maximum absolute atomic E-state index is 12.7. The third-order valence-corrected chi connectivity index (χ3v) is 5.85. The molecule has 0 aliphatic heterocycles. The Morgan fingerprint density at radius 1 is 0.743 bits per heavy atom. The quantitative estimate of drug-likeness (QED) is 0.247. The maximum Gasteiger partial charge on any atom is 0.346 e. The van der Waals surface area contributed by atoms with Gasteiger partial charge in [0, 0.05) is 6.42 Å². The molecule has 3 aromatic rings. The van der Waals surface area contributed by atoms with E-state index in [2.05, 4.69) is 20.8 Å². The van der Waals surface area contributed by atoms with Gasteiger partial charge in [0.15, 0.2) is 0 Å². The van der Waals surface area contributed by atoms with Crippen LogP contribution in [-0.2, 0) is 22.3 Å². The summed E-state index contributed by atoms with van der Waals surface area (Å²) in [6.07, 6.45) is 3.55. The first-order valence-electron chi connectivity index (χ1n) is 12.1. The Morgan fingerprint density at radius 2 is 1.37 bits per heavy atom. The molecule has 0 unspecified atom stereocenters. The monoisotopic (exact) mass is 472 g/mol. The molecule has 0 bridgehead atoms. The molecule has 182 valence electrons. The molecule has 0 heterocycles. The van der Waals surface area contributed by atoms with Crippen molar-refractivity contribution in [3.8, 4) is 0 Å². The van der Waals surface area contributed by atoms with E-state index in [1.165, 1.54) is 5.56 Å². The topological polar surface area (TPSA) is 69.7 Å². The number of ether oxygens (including phenoxy) is 2. The number of carbonyl (C=O) groups excluding carboxylic acids is 3. The van der Waals surface area contributed by atoms with E-state index in [9.17, 15) is 14.4 Å². The normalized spacial score (nSPS) is 10.7. The lowest BCUT2D eigenvalue weighted by Crippen LogP contribution is -2.16. The standard InChI is InChI=1S/C30H32O5/c1-4-5-8-22-11-13-25(14-12-22)28(31)34-20-19-24-9-6-7-10-27(24)30(33)35-29(32)26-17-15-23(16-18-26)21(2)3/h6-7,9-18,21H,4-5,8,19-20H2,1-3H3. The third-order valence-electron chi connectivity index (χ3n) is 5.85. The van der Waals surface area contributed by atoms with E-state index >= 15 is 0 Å². The number of aryl methyl sites for hydroxylation is 1. The van der Waals surface area contributed by atoms with Crippen molar-refractivity contribution in [1.29, 1.82) is 0 Å². The van der Waals surface area contributed by atoms with Crippen molar-refractivity contribution in [1.82, 2.24) is 0 Å². The molecule has 3 rings (SSSR count). The van der Waals surface area contributed by atoms with Gasteiger partial charge in [0.2, 0.25) is 0 Å². The van der Waals surface area contributed by atoms with Gasteiger partial charge in [-0.15, -0.1) is 0 Å². The van der Waals surface area contributed by atoms with Crippen LogP contribution in [0.4, 0.5) is 0 Å². The van der Waals surface area contributed by atoms with Crippen LogP contribution in [0.15, 0.2) is 72.8 Å². The van der Waals surface area contributed by atoms with Crippen molar-refractivity contribution >= 4 is 17.9 Å². The van der Waals surface area contributed by atoms with Gasteiger partial charge in [0.05, 0.1) is 23.3 Å². The maximum atomic E-state index is 12.7. The van der Waals surface area contributed by atoms with Gasteiger partial charge < -0.3 is 9.47 Å². The summed E-state index contributed by atoms with van der Waals surface area (Å²) in [5.74, 6) is -1.50. The van der Waals surface area contributed by atoms with Crippen LogP contribution in [0.1, 0.15) is 87.3 Å². The fourth-order valence-corrected chi connectivity index (χ4v) is 3.67. The lowest BCUT2D eigenvalue weighted by atomic mass is 10.0. The highest BCUT2D eigenvalue weighted by atomic mass is 16.6. The summed E-state index contributed by atoms with van der Waals surface area (Å²) in [7, 11) is 0. The summed E-state index contributed by atoms with van der Waals surface area (Å²) >= 11 is 0. The van der Waals surface area contributed by atoms with E-state index in [1.807, 2.05) is 24.3 Å². The van der Waals surface area contributed by atoms with Crippen LogP contribution in [-0.4, -0.2) is 24.5 Å². The number of benzene rings is 3. The zero-order valence-corrected chi connectivity index (χ0v) is 20.6. The highest BCUT2D eigenvalue weighted by molar-refractivity contribution is 6.03. The minimum absolute atomic E-state index is 0.103.